The number of benzene rings is 2. The third-order valence-corrected chi connectivity index (χ3v) is 5.47. The summed E-state index contributed by atoms with van der Waals surface area (Å²) in [5.41, 5.74) is 2.33. The molecule has 0 spiro atoms. The van der Waals surface area contributed by atoms with Crippen molar-refractivity contribution in [2.75, 3.05) is 11.1 Å². The Labute approximate surface area is 172 Å². The predicted molar refractivity (Wildman–Crippen MR) is 114 cm³/mol. The van der Waals surface area contributed by atoms with E-state index >= 15 is 0 Å². The Morgan fingerprint density at radius 2 is 1.86 bits per heavy atom. The number of aromatic nitrogens is 2. The van der Waals surface area contributed by atoms with E-state index in [4.69, 9.17) is 10.1 Å². The molecule has 2 aromatic carbocycles. The van der Waals surface area contributed by atoms with E-state index in [1.54, 1.807) is 24.3 Å². The molecule has 146 valence electrons. The number of aliphatic carboxylic acids is 1. The summed E-state index contributed by atoms with van der Waals surface area (Å²) < 4.78 is 0. The monoisotopic (exact) mass is 405 g/mol. The van der Waals surface area contributed by atoms with Crippen LogP contribution in [0.25, 0.3) is 17.0 Å². The fraction of sp³-hybridized carbons (Fsp3) is 0.182. The van der Waals surface area contributed by atoms with Crippen LogP contribution in [-0.4, -0.2) is 32.7 Å². The van der Waals surface area contributed by atoms with Gasteiger partial charge < -0.3 is 10.4 Å². The van der Waals surface area contributed by atoms with E-state index in [9.17, 15) is 9.59 Å². The molecule has 0 unspecified atom stereocenters. The van der Waals surface area contributed by atoms with Gasteiger partial charge in [-0.15, -0.1) is 0 Å². The molecule has 0 aliphatic heterocycles. The van der Waals surface area contributed by atoms with Crippen molar-refractivity contribution in [3.05, 3.63) is 66.0 Å². The summed E-state index contributed by atoms with van der Waals surface area (Å²) in [5, 5.41) is 13.3. The van der Waals surface area contributed by atoms with Crippen LogP contribution in [0.2, 0.25) is 0 Å². The van der Waals surface area contributed by atoms with E-state index in [0.717, 1.165) is 46.2 Å². The van der Waals surface area contributed by atoms with Gasteiger partial charge in [0, 0.05) is 23.1 Å². The van der Waals surface area contributed by atoms with Crippen LogP contribution in [0.1, 0.15) is 30.1 Å². The van der Waals surface area contributed by atoms with Gasteiger partial charge in [-0.2, -0.15) is 0 Å². The second kappa shape index (κ2) is 8.45. The minimum Gasteiger partial charge on any atom is -0.478 e. The molecule has 1 fully saturated rings. The maximum Gasteiger partial charge on any atom is 0.328 e. The van der Waals surface area contributed by atoms with Crippen molar-refractivity contribution >= 4 is 46.3 Å². The van der Waals surface area contributed by atoms with Gasteiger partial charge in [-0.1, -0.05) is 42.1 Å². The number of carboxylic acids is 1. The van der Waals surface area contributed by atoms with Crippen molar-refractivity contribution in [3.63, 3.8) is 0 Å². The Kier molecular flexibility index (Phi) is 5.57. The lowest BCUT2D eigenvalue weighted by Crippen LogP contribution is -2.14. The molecular weight excluding hydrogens is 386 g/mol. The summed E-state index contributed by atoms with van der Waals surface area (Å²) in [6.45, 7) is 0. The molecule has 0 atom stereocenters. The molecule has 6 nitrogen and oxygen atoms in total. The van der Waals surface area contributed by atoms with E-state index in [-0.39, 0.29) is 11.7 Å². The second-order valence-corrected chi connectivity index (χ2v) is 7.77. The smallest absolute Gasteiger partial charge is 0.328 e. The van der Waals surface area contributed by atoms with Crippen LogP contribution in [0.4, 0.5) is 5.69 Å². The molecule has 0 radical (unpaired) electrons. The van der Waals surface area contributed by atoms with Crippen LogP contribution < -0.4 is 5.32 Å². The number of rotatable bonds is 7. The molecule has 1 aliphatic rings. The minimum absolute atomic E-state index is 0.125. The molecule has 3 aromatic rings. The summed E-state index contributed by atoms with van der Waals surface area (Å²) in [7, 11) is 0. The van der Waals surface area contributed by atoms with Gasteiger partial charge in [0.2, 0.25) is 5.91 Å². The normalized spacial score (nSPS) is 13.7. The Morgan fingerprint density at radius 3 is 2.59 bits per heavy atom. The fourth-order valence-electron chi connectivity index (χ4n) is 2.87. The van der Waals surface area contributed by atoms with Gasteiger partial charge in [0.05, 0.1) is 11.3 Å². The number of fused-ring (bicyclic) bond motifs is 1. The lowest BCUT2D eigenvalue weighted by Gasteiger charge is -2.09. The SMILES string of the molecule is O=C(O)/C=C/c1ccc(NC(=O)CSc2nc(C3CC3)nc3ccccc23)cc1. The molecule has 1 heterocycles. The zero-order valence-electron chi connectivity index (χ0n) is 15.5. The number of nitrogens with one attached hydrogen (secondary N) is 1. The van der Waals surface area contributed by atoms with Crippen molar-refractivity contribution in [2.24, 2.45) is 0 Å². The van der Waals surface area contributed by atoms with Gasteiger partial charge in [-0.05, 0) is 42.7 Å². The zero-order valence-corrected chi connectivity index (χ0v) is 16.4. The number of hydrogen-bond donors (Lipinski definition) is 2. The molecule has 0 saturated heterocycles. The molecule has 2 N–H and O–H groups in total. The fourth-order valence-corrected chi connectivity index (χ4v) is 3.70. The lowest BCUT2D eigenvalue weighted by atomic mass is 10.2. The van der Waals surface area contributed by atoms with Crippen LogP contribution in [0.15, 0.2) is 59.6 Å². The number of anilines is 1. The van der Waals surface area contributed by atoms with Crippen molar-refractivity contribution in [3.8, 4) is 0 Å². The van der Waals surface area contributed by atoms with Gasteiger partial charge in [0.25, 0.3) is 0 Å². The quantitative estimate of drug-likeness (QED) is 0.345. The van der Waals surface area contributed by atoms with Gasteiger partial charge in [-0.3, -0.25) is 4.79 Å². The third-order valence-electron chi connectivity index (χ3n) is 4.48. The first kappa shape index (κ1) is 19.1. The summed E-state index contributed by atoms with van der Waals surface area (Å²) in [6.07, 6.45) is 4.83. The third kappa shape index (κ3) is 5.00. The van der Waals surface area contributed by atoms with Crippen LogP contribution in [0.3, 0.4) is 0 Å². The van der Waals surface area contributed by atoms with Crippen LogP contribution in [0.5, 0.6) is 0 Å². The Hall–Kier alpha value is -3.19. The molecule has 4 rings (SSSR count). The first-order valence-corrected chi connectivity index (χ1v) is 10.3. The number of carbonyl (C=O) groups excluding carboxylic acids is 1. The van der Waals surface area contributed by atoms with Gasteiger partial charge in [0.15, 0.2) is 0 Å². The van der Waals surface area contributed by atoms with Crippen molar-refractivity contribution in [2.45, 2.75) is 23.8 Å². The largest absolute Gasteiger partial charge is 0.478 e. The van der Waals surface area contributed by atoms with Crippen molar-refractivity contribution < 1.29 is 14.7 Å². The highest BCUT2D eigenvalue weighted by molar-refractivity contribution is 8.00. The molecule has 0 bridgehead atoms. The zero-order chi connectivity index (χ0) is 20.2. The Balaban J connectivity index is 1.41. The van der Waals surface area contributed by atoms with Crippen molar-refractivity contribution in [1.29, 1.82) is 0 Å². The highest BCUT2D eigenvalue weighted by atomic mass is 32.2. The summed E-state index contributed by atoms with van der Waals surface area (Å²) in [5.74, 6) is 0.435. The van der Waals surface area contributed by atoms with Crippen LogP contribution in [0, 0.1) is 0 Å². The van der Waals surface area contributed by atoms with Crippen LogP contribution in [-0.2, 0) is 9.59 Å². The topological polar surface area (TPSA) is 92.2 Å². The maximum atomic E-state index is 12.4. The predicted octanol–water partition coefficient (Wildman–Crippen LogP) is 4.34. The van der Waals surface area contributed by atoms with E-state index in [2.05, 4.69) is 10.3 Å². The Morgan fingerprint density at radius 1 is 1.10 bits per heavy atom. The highest BCUT2D eigenvalue weighted by Gasteiger charge is 2.27. The number of carbonyl (C=O) groups is 2. The molecule has 29 heavy (non-hydrogen) atoms. The minimum atomic E-state index is -0.999. The average molecular weight is 405 g/mol. The van der Waals surface area contributed by atoms with E-state index < -0.39 is 5.97 Å². The second-order valence-electron chi connectivity index (χ2n) is 6.81. The number of para-hydroxylation sites is 1. The number of hydrogen-bond acceptors (Lipinski definition) is 5. The molecule has 1 amide bonds. The molecule has 1 aliphatic carbocycles. The average Bonchev–Trinajstić information content (AvgIpc) is 3.57. The van der Waals surface area contributed by atoms with Gasteiger partial charge >= 0.3 is 5.97 Å². The molecule has 1 aromatic heterocycles. The van der Waals surface area contributed by atoms with E-state index in [1.807, 2.05) is 24.3 Å². The molecular formula is C22H19N3O3S. The van der Waals surface area contributed by atoms with E-state index in [1.165, 1.54) is 17.8 Å². The number of thioether (sulfide) groups is 1. The lowest BCUT2D eigenvalue weighted by molar-refractivity contribution is -0.131. The number of amides is 1. The first-order chi connectivity index (χ1) is 14.1. The maximum absolute atomic E-state index is 12.4. The molecule has 7 heteroatoms. The van der Waals surface area contributed by atoms with Gasteiger partial charge in [0.1, 0.15) is 10.9 Å². The highest BCUT2D eigenvalue weighted by Crippen LogP contribution is 2.39. The number of nitrogens with zero attached hydrogens (tertiary/aromatic N) is 2. The first-order valence-electron chi connectivity index (χ1n) is 9.29. The van der Waals surface area contributed by atoms with Crippen LogP contribution >= 0.6 is 11.8 Å². The van der Waals surface area contributed by atoms with E-state index in [0.29, 0.717) is 11.6 Å². The van der Waals surface area contributed by atoms with Crippen molar-refractivity contribution in [1.82, 2.24) is 9.97 Å². The van der Waals surface area contributed by atoms with Gasteiger partial charge in [-0.25, -0.2) is 14.8 Å². The Bertz CT molecular complexity index is 1090. The number of carboxylic acid groups (broad SMARTS) is 1. The summed E-state index contributed by atoms with van der Waals surface area (Å²) in [6, 6.07) is 14.9. The summed E-state index contributed by atoms with van der Waals surface area (Å²) in [4.78, 5) is 32.3. The summed E-state index contributed by atoms with van der Waals surface area (Å²) >= 11 is 1.41. The molecule has 1 saturated carbocycles. The standard InChI is InChI=1S/C22H19N3O3S/c26-19(23-16-10-5-14(6-11-16)7-12-20(27)28)13-29-22-17-3-1-2-4-18(17)24-21(25-22)15-8-9-15/h1-7,10-12,15H,8-9,13H2,(H,23,26)(H,27,28)/b12-7+.